The Kier molecular flexibility index (Phi) is 7.85. The van der Waals surface area contributed by atoms with Gasteiger partial charge in [0.2, 0.25) is 0 Å². The highest BCUT2D eigenvalue weighted by atomic mass is 35.5. The van der Waals surface area contributed by atoms with Crippen LogP contribution in [-0.4, -0.2) is 11.1 Å². The number of hydrogen-bond donors (Lipinski definition) is 1. The molecule has 0 aromatic heterocycles. The van der Waals surface area contributed by atoms with Crippen LogP contribution in [0.3, 0.4) is 0 Å². The summed E-state index contributed by atoms with van der Waals surface area (Å²) >= 11 is 6.22. The number of benzene rings is 3. The first-order chi connectivity index (χ1) is 17.2. The van der Waals surface area contributed by atoms with Crippen LogP contribution in [0.25, 0.3) is 16.7 Å². The molecule has 0 aliphatic heterocycles. The third-order valence-electron chi connectivity index (χ3n) is 7.09. The van der Waals surface area contributed by atoms with Gasteiger partial charge in [0.15, 0.2) is 0 Å². The first kappa shape index (κ1) is 26.0. The van der Waals surface area contributed by atoms with Crippen molar-refractivity contribution < 1.29 is 19.0 Å². The highest BCUT2D eigenvalue weighted by Gasteiger charge is 2.30. The zero-order valence-corrected chi connectivity index (χ0v) is 21.7. The molecule has 36 heavy (non-hydrogen) atoms. The summed E-state index contributed by atoms with van der Waals surface area (Å²) in [5, 5.41) is 9.72. The van der Waals surface area contributed by atoms with Crippen LogP contribution in [0.2, 0.25) is 5.02 Å². The molecule has 0 spiro atoms. The molecule has 0 heterocycles. The number of allylic oxidation sites excluding steroid dienone is 2. The van der Waals surface area contributed by atoms with Gasteiger partial charge in [-0.2, -0.15) is 0 Å². The van der Waals surface area contributed by atoms with Gasteiger partial charge in [-0.15, -0.1) is 0 Å². The van der Waals surface area contributed by atoms with Gasteiger partial charge in [-0.3, -0.25) is 4.79 Å². The summed E-state index contributed by atoms with van der Waals surface area (Å²) in [7, 11) is 0. The summed E-state index contributed by atoms with van der Waals surface area (Å²) < 4.78 is 21.0. The molecule has 0 saturated carbocycles. The number of carbonyl (C=O) groups is 1. The van der Waals surface area contributed by atoms with Crippen molar-refractivity contribution in [3.05, 3.63) is 94.3 Å². The fourth-order valence-electron chi connectivity index (χ4n) is 5.04. The Morgan fingerprint density at radius 3 is 2.58 bits per heavy atom. The predicted molar refractivity (Wildman–Crippen MR) is 144 cm³/mol. The number of aliphatic carboxylic acids is 1. The van der Waals surface area contributed by atoms with Crippen molar-refractivity contribution in [2.24, 2.45) is 5.41 Å². The van der Waals surface area contributed by atoms with Crippen LogP contribution in [0.4, 0.5) is 4.39 Å². The molecule has 4 rings (SSSR count). The summed E-state index contributed by atoms with van der Waals surface area (Å²) in [4.78, 5) is 11.2. The van der Waals surface area contributed by atoms with Crippen LogP contribution in [-0.2, 0) is 11.4 Å². The highest BCUT2D eigenvalue weighted by Crippen LogP contribution is 2.47. The third-order valence-corrected chi connectivity index (χ3v) is 7.32. The van der Waals surface area contributed by atoms with Gasteiger partial charge in [0.1, 0.15) is 18.2 Å². The van der Waals surface area contributed by atoms with Crippen molar-refractivity contribution in [1.82, 2.24) is 0 Å². The van der Waals surface area contributed by atoms with Gasteiger partial charge >= 0.3 is 5.97 Å². The van der Waals surface area contributed by atoms with E-state index in [1.807, 2.05) is 43.3 Å². The molecule has 1 atom stereocenters. The molecule has 3 aromatic carbocycles. The van der Waals surface area contributed by atoms with E-state index in [-0.39, 0.29) is 23.6 Å². The molecule has 0 radical (unpaired) electrons. The molecule has 3 nitrogen and oxygen atoms in total. The Labute approximate surface area is 217 Å². The standard InChI is InChI=1S/C31H32ClFO3/c1-4-21(17-30(34)35)22-7-5-8-24(16-22)36-19-20-10-12-25(27-18-23(32)11-13-29(27)33)26(15-20)28-9-6-14-31(28,2)3/h5,7-13,15-16,18,21H,4,6,14,17,19H2,1-3H3,(H,34,35)/t21-/m0/s1. The topological polar surface area (TPSA) is 46.5 Å². The Balaban J connectivity index is 1.65. The Hall–Kier alpha value is -3.11. The van der Waals surface area contributed by atoms with Gasteiger partial charge < -0.3 is 9.84 Å². The minimum Gasteiger partial charge on any atom is -0.489 e. The van der Waals surface area contributed by atoms with Gasteiger partial charge in [0.05, 0.1) is 6.42 Å². The summed E-state index contributed by atoms with van der Waals surface area (Å²) in [6.07, 6.45) is 5.12. The first-order valence-electron chi connectivity index (χ1n) is 12.4. The minimum atomic E-state index is -0.805. The predicted octanol–water partition coefficient (Wildman–Crippen LogP) is 8.90. The van der Waals surface area contributed by atoms with Crippen molar-refractivity contribution in [3.8, 4) is 16.9 Å². The molecule has 0 bridgehead atoms. The SMILES string of the molecule is CC[C@@H](CC(=O)O)c1cccc(OCc2ccc(-c3cc(Cl)ccc3F)c(C3=CCCC3(C)C)c2)c1. The molecular weight excluding hydrogens is 475 g/mol. The van der Waals surface area contributed by atoms with Crippen LogP contribution in [0.1, 0.15) is 69.1 Å². The second-order valence-corrected chi connectivity index (χ2v) is 10.5. The summed E-state index contributed by atoms with van der Waals surface area (Å²) in [5.74, 6) is -0.463. The van der Waals surface area contributed by atoms with Gasteiger partial charge in [-0.05, 0) is 94.8 Å². The fraction of sp³-hybridized carbons (Fsp3) is 0.323. The van der Waals surface area contributed by atoms with Crippen LogP contribution in [0, 0.1) is 11.2 Å². The van der Waals surface area contributed by atoms with E-state index in [1.54, 1.807) is 12.1 Å². The van der Waals surface area contributed by atoms with Crippen LogP contribution < -0.4 is 4.74 Å². The molecular formula is C31H32ClFO3. The lowest BCUT2D eigenvalue weighted by Crippen LogP contribution is -2.10. The molecule has 188 valence electrons. The van der Waals surface area contributed by atoms with Crippen molar-refractivity contribution in [1.29, 1.82) is 0 Å². The number of halogens is 2. The average molecular weight is 507 g/mol. The number of ether oxygens (including phenoxy) is 1. The zero-order chi connectivity index (χ0) is 25.9. The van der Waals surface area contributed by atoms with Gasteiger partial charge in [-0.1, -0.05) is 62.7 Å². The fourth-order valence-corrected chi connectivity index (χ4v) is 5.21. The van der Waals surface area contributed by atoms with E-state index in [0.717, 1.165) is 41.5 Å². The smallest absolute Gasteiger partial charge is 0.303 e. The normalized spacial score (nSPS) is 15.4. The highest BCUT2D eigenvalue weighted by molar-refractivity contribution is 6.30. The Bertz CT molecular complexity index is 1290. The van der Waals surface area contributed by atoms with Crippen molar-refractivity contribution in [2.45, 2.75) is 59.0 Å². The molecule has 1 aliphatic rings. The second-order valence-electron chi connectivity index (χ2n) is 10.1. The first-order valence-corrected chi connectivity index (χ1v) is 12.8. The number of hydrogen-bond acceptors (Lipinski definition) is 2. The van der Waals surface area contributed by atoms with E-state index >= 15 is 0 Å². The maximum atomic E-state index is 14.9. The maximum Gasteiger partial charge on any atom is 0.303 e. The zero-order valence-electron chi connectivity index (χ0n) is 21.0. The minimum absolute atomic E-state index is 0.0169. The van der Waals surface area contributed by atoms with E-state index in [4.69, 9.17) is 16.3 Å². The number of carboxylic acids is 1. The molecule has 5 heteroatoms. The lowest BCUT2D eigenvalue weighted by atomic mass is 9.79. The van der Waals surface area contributed by atoms with E-state index < -0.39 is 5.97 Å². The molecule has 1 N–H and O–H groups in total. The lowest BCUT2D eigenvalue weighted by Gasteiger charge is -2.25. The van der Waals surface area contributed by atoms with Gasteiger partial charge in [0, 0.05) is 10.6 Å². The van der Waals surface area contributed by atoms with Crippen molar-refractivity contribution >= 4 is 23.1 Å². The third kappa shape index (κ3) is 5.82. The Morgan fingerprint density at radius 2 is 1.89 bits per heavy atom. The quantitative estimate of drug-likeness (QED) is 0.315. The summed E-state index contributed by atoms with van der Waals surface area (Å²) in [6.45, 7) is 6.78. The molecule has 3 aromatic rings. The van der Waals surface area contributed by atoms with E-state index in [9.17, 15) is 14.3 Å². The summed E-state index contributed by atoms with van der Waals surface area (Å²) in [5.41, 5.74) is 5.44. The van der Waals surface area contributed by atoms with Crippen LogP contribution in [0.5, 0.6) is 5.75 Å². The summed E-state index contributed by atoms with van der Waals surface area (Å²) in [6, 6.07) is 18.3. The lowest BCUT2D eigenvalue weighted by molar-refractivity contribution is -0.137. The molecule has 0 fully saturated rings. The molecule has 1 aliphatic carbocycles. The largest absolute Gasteiger partial charge is 0.489 e. The van der Waals surface area contributed by atoms with E-state index in [1.165, 1.54) is 11.6 Å². The monoisotopic (exact) mass is 506 g/mol. The average Bonchev–Trinajstić information content (AvgIpc) is 3.21. The van der Waals surface area contributed by atoms with Gasteiger partial charge in [0.25, 0.3) is 0 Å². The Morgan fingerprint density at radius 1 is 1.08 bits per heavy atom. The van der Waals surface area contributed by atoms with Gasteiger partial charge in [-0.25, -0.2) is 4.39 Å². The van der Waals surface area contributed by atoms with Crippen LogP contribution in [0.15, 0.2) is 66.7 Å². The second kappa shape index (κ2) is 10.9. The van der Waals surface area contributed by atoms with Crippen molar-refractivity contribution in [3.63, 3.8) is 0 Å². The van der Waals surface area contributed by atoms with Crippen molar-refractivity contribution in [2.75, 3.05) is 0 Å². The number of rotatable bonds is 9. The maximum absolute atomic E-state index is 14.9. The number of carboxylic acid groups (broad SMARTS) is 1. The van der Waals surface area contributed by atoms with E-state index in [0.29, 0.717) is 22.9 Å². The molecule has 0 unspecified atom stereocenters. The molecule has 0 saturated heterocycles. The van der Waals surface area contributed by atoms with E-state index in [2.05, 4.69) is 26.0 Å². The molecule has 0 amide bonds. The van der Waals surface area contributed by atoms with Crippen LogP contribution >= 0.6 is 11.6 Å².